The maximum Gasteiger partial charge on any atom is 0.283 e. The zero-order valence-corrected chi connectivity index (χ0v) is 13.3. The van der Waals surface area contributed by atoms with Crippen molar-refractivity contribution < 1.29 is 5.11 Å². The molecule has 0 amide bonds. The van der Waals surface area contributed by atoms with Crippen LogP contribution in [-0.4, -0.2) is 28.0 Å². The fraction of sp³-hybridized carbons (Fsp3) is 0.692. The van der Waals surface area contributed by atoms with Crippen LogP contribution in [0.4, 0.5) is 5.69 Å². The molecule has 108 valence electrons. The second-order valence-corrected chi connectivity index (χ2v) is 6.04. The van der Waals surface area contributed by atoms with Gasteiger partial charge in [-0.15, -0.1) is 0 Å². The zero-order valence-electron chi connectivity index (χ0n) is 11.7. The normalized spacial score (nSPS) is 12.7. The molecule has 0 spiro atoms. The number of rotatable bonds is 7. The van der Waals surface area contributed by atoms with E-state index >= 15 is 0 Å². The SMILES string of the molecule is CC(C)Cn1ncc(NCC(C)CCO)c(Br)c1=O. The average molecular weight is 332 g/mol. The summed E-state index contributed by atoms with van der Waals surface area (Å²) in [4.78, 5) is 12.1. The van der Waals surface area contributed by atoms with E-state index in [-0.39, 0.29) is 12.2 Å². The highest BCUT2D eigenvalue weighted by molar-refractivity contribution is 9.10. The summed E-state index contributed by atoms with van der Waals surface area (Å²) in [6, 6.07) is 0. The van der Waals surface area contributed by atoms with Crippen LogP contribution in [-0.2, 0) is 6.54 Å². The van der Waals surface area contributed by atoms with Crippen LogP contribution in [0.5, 0.6) is 0 Å². The lowest BCUT2D eigenvalue weighted by Gasteiger charge is -2.14. The van der Waals surface area contributed by atoms with Crippen molar-refractivity contribution in [1.82, 2.24) is 9.78 Å². The predicted octanol–water partition coefficient (Wildman–Crippen LogP) is 2.09. The Morgan fingerprint density at radius 1 is 1.47 bits per heavy atom. The Balaban J connectivity index is 2.76. The van der Waals surface area contributed by atoms with Crippen LogP contribution in [0.15, 0.2) is 15.5 Å². The molecule has 5 nitrogen and oxygen atoms in total. The largest absolute Gasteiger partial charge is 0.396 e. The number of anilines is 1. The van der Waals surface area contributed by atoms with Crippen LogP contribution < -0.4 is 10.9 Å². The number of hydrogen-bond donors (Lipinski definition) is 2. The Kier molecular flexibility index (Phi) is 6.51. The van der Waals surface area contributed by atoms with Crippen molar-refractivity contribution >= 4 is 21.6 Å². The van der Waals surface area contributed by atoms with Crippen molar-refractivity contribution in [1.29, 1.82) is 0 Å². The number of aliphatic hydroxyl groups excluding tert-OH is 1. The summed E-state index contributed by atoms with van der Waals surface area (Å²) in [6.07, 6.45) is 2.40. The molecule has 1 heterocycles. The first-order valence-electron chi connectivity index (χ1n) is 6.56. The van der Waals surface area contributed by atoms with Crippen molar-refractivity contribution in [2.24, 2.45) is 11.8 Å². The zero-order chi connectivity index (χ0) is 14.4. The maximum atomic E-state index is 12.1. The summed E-state index contributed by atoms with van der Waals surface area (Å²) in [6.45, 7) is 7.63. The molecule has 0 aliphatic carbocycles. The molecule has 1 rings (SSSR count). The van der Waals surface area contributed by atoms with Crippen LogP contribution in [0.2, 0.25) is 0 Å². The molecule has 0 fully saturated rings. The first-order valence-corrected chi connectivity index (χ1v) is 7.35. The van der Waals surface area contributed by atoms with Crippen molar-refractivity contribution in [3.63, 3.8) is 0 Å². The van der Waals surface area contributed by atoms with E-state index in [9.17, 15) is 4.79 Å². The first-order chi connectivity index (χ1) is 8.95. The van der Waals surface area contributed by atoms with E-state index in [1.807, 2.05) is 20.8 Å². The molecule has 19 heavy (non-hydrogen) atoms. The van der Waals surface area contributed by atoms with E-state index in [4.69, 9.17) is 5.11 Å². The Bertz CT molecular complexity index is 460. The number of nitrogens with zero attached hydrogens (tertiary/aromatic N) is 2. The minimum Gasteiger partial charge on any atom is -0.396 e. The van der Waals surface area contributed by atoms with E-state index in [1.165, 1.54) is 4.68 Å². The summed E-state index contributed by atoms with van der Waals surface area (Å²) in [5, 5.41) is 16.2. The van der Waals surface area contributed by atoms with Gasteiger partial charge in [0.2, 0.25) is 0 Å². The van der Waals surface area contributed by atoms with Crippen LogP contribution in [0.3, 0.4) is 0 Å². The van der Waals surface area contributed by atoms with Crippen LogP contribution in [0.25, 0.3) is 0 Å². The molecule has 0 radical (unpaired) electrons. The maximum absolute atomic E-state index is 12.1. The number of halogens is 1. The van der Waals surface area contributed by atoms with Gasteiger partial charge in [0.25, 0.3) is 5.56 Å². The molecule has 0 aliphatic rings. The minimum absolute atomic E-state index is 0.117. The van der Waals surface area contributed by atoms with Gasteiger partial charge in [0.15, 0.2) is 0 Å². The molecule has 1 unspecified atom stereocenters. The van der Waals surface area contributed by atoms with E-state index in [0.717, 1.165) is 6.42 Å². The second-order valence-electron chi connectivity index (χ2n) is 5.25. The summed E-state index contributed by atoms with van der Waals surface area (Å²) in [5.41, 5.74) is 0.586. The second kappa shape index (κ2) is 7.65. The highest BCUT2D eigenvalue weighted by Gasteiger charge is 2.10. The van der Waals surface area contributed by atoms with Crippen molar-refractivity contribution in [2.75, 3.05) is 18.5 Å². The minimum atomic E-state index is -0.117. The highest BCUT2D eigenvalue weighted by atomic mass is 79.9. The van der Waals surface area contributed by atoms with Gasteiger partial charge >= 0.3 is 0 Å². The van der Waals surface area contributed by atoms with Crippen molar-refractivity contribution in [3.8, 4) is 0 Å². The molecule has 1 aromatic heterocycles. The molecule has 0 saturated carbocycles. The standard InChI is InChI=1S/C13H22BrN3O2/c1-9(2)8-17-13(19)12(14)11(7-16-17)15-6-10(3)4-5-18/h7,9-10,15,18H,4-6,8H2,1-3H3. The molecule has 0 aliphatic heterocycles. The number of nitrogens with one attached hydrogen (secondary N) is 1. The fourth-order valence-corrected chi connectivity index (χ4v) is 2.12. The molecular formula is C13H22BrN3O2. The van der Waals surface area contributed by atoms with Crippen molar-refractivity contribution in [3.05, 3.63) is 21.0 Å². The number of hydrogen-bond acceptors (Lipinski definition) is 4. The van der Waals surface area contributed by atoms with Crippen molar-refractivity contribution in [2.45, 2.75) is 33.7 Å². The van der Waals surface area contributed by atoms with Gasteiger partial charge in [-0.05, 0) is 34.2 Å². The third kappa shape index (κ3) is 4.95. The lowest BCUT2D eigenvalue weighted by atomic mass is 10.1. The predicted molar refractivity (Wildman–Crippen MR) is 80.4 cm³/mol. The average Bonchev–Trinajstić information content (AvgIpc) is 2.34. The van der Waals surface area contributed by atoms with E-state index < -0.39 is 0 Å². The lowest BCUT2D eigenvalue weighted by Crippen LogP contribution is -2.27. The molecular weight excluding hydrogens is 310 g/mol. The quantitative estimate of drug-likeness (QED) is 0.802. The molecule has 0 bridgehead atoms. The first kappa shape index (κ1) is 16.2. The Morgan fingerprint density at radius 3 is 2.74 bits per heavy atom. The molecule has 1 atom stereocenters. The lowest BCUT2D eigenvalue weighted by molar-refractivity contribution is 0.266. The van der Waals surface area contributed by atoms with Gasteiger partial charge in [-0.2, -0.15) is 5.10 Å². The number of aliphatic hydroxyl groups is 1. The fourth-order valence-electron chi connectivity index (χ4n) is 1.67. The van der Waals surface area contributed by atoms with Gasteiger partial charge in [0, 0.05) is 19.7 Å². The Hall–Kier alpha value is -0.880. The smallest absolute Gasteiger partial charge is 0.283 e. The van der Waals surface area contributed by atoms with Crippen LogP contribution in [0.1, 0.15) is 27.2 Å². The molecule has 2 N–H and O–H groups in total. The summed E-state index contributed by atoms with van der Waals surface area (Å²) in [5.74, 6) is 0.718. The third-order valence-corrected chi connectivity index (χ3v) is 3.55. The van der Waals surface area contributed by atoms with E-state index in [2.05, 4.69) is 26.3 Å². The van der Waals surface area contributed by atoms with E-state index in [1.54, 1.807) is 6.20 Å². The van der Waals surface area contributed by atoms with Gasteiger partial charge in [-0.3, -0.25) is 4.79 Å². The summed E-state index contributed by atoms with van der Waals surface area (Å²) < 4.78 is 1.98. The van der Waals surface area contributed by atoms with Gasteiger partial charge in [-0.25, -0.2) is 4.68 Å². The molecule has 0 saturated heterocycles. The number of aromatic nitrogens is 2. The van der Waals surface area contributed by atoms with Gasteiger partial charge in [0.1, 0.15) is 4.47 Å². The monoisotopic (exact) mass is 331 g/mol. The molecule has 6 heteroatoms. The van der Waals surface area contributed by atoms with E-state index in [0.29, 0.717) is 35.1 Å². The third-order valence-electron chi connectivity index (χ3n) is 2.79. The summed E-state index contributed by atoms with van der Waals surface area (Å²) in [7, 11) is 0. The summed E-state index contributed by atoms with van der Waals surface area (Å²) >= 11 is 3.32. The van der Waals surface area contributed by atoms with Crippen LogP contribution in [0, 0.1) is 11.8 Å². The van der Waals surface area contributed by atoms with Crippen LogP contribution >= 0.6 is 15.9 Å². The van der Waals surface area contributed by atoms with Gasteiger partial charge in [0.05, 0.1) is 11.9 Å². The Morgan fingerprint density at radius 2 is 2.16 bits per heavy atom. The highest BCUT2D eigenvalue weighted by Crippen LogP contribution is 2.17. The molecule has 0 aromatic carbocycles. The molecule has 1 aromatic rings. The Labute approximate surface area is 122 Å². The van der Waals surface area contributed by atoms with Gasteiger partial charge < -0.3 is 10.4 Å². The van der Waals surface area contributed by atoms with Gasteiger partial charge in [-0.1, -0.05) is 20.8 Å². The topological polar surface area (TPSA) is 67.2 Å².